The SMILES string of the molecule is CCCCC/C=C\C/C=C\CCCCCCCCOCC(CCN1CCCCC1)OCCCCCCCC/C=C\C/C=C\CCCCC. The van der Waals surface area contributed by atoms with Gasteiger partial charge in [-0.05, 0) is 109 Å². The van der Waals surface area contributed by atoms with E-state index in [2.05, 4.69) is 67.4 Å². The van der Waals surface area contributed by atoms with E-state index in [1.54, 1.807) is 0 Å². The maximum Gasteiger partial charge on any atom is 0.0820 e. The van der Waals surface area contributed by atoms with E-state index in [1.165, 1.54) is 180 Å². The highest BCUT2D eigenvalue weighted by Crippen LogP contribution is 2.14. The predicted molar refractivity (Wildman–Crippen MR) is 214 cm³/mol. The number of hydrogen-bond donors (Lipinski definition) is 0. The van der Waals surface area contributed by atoms with Crippen LogP contribution in [0.1, 0.15) is 194 Å². The molecule has 3 heteroatoms. The van der Waals surface area contributed by atoms with E-state index in [9.17, 15) is 0 Å². The molecule has 0 spiro atoms. The van der Waals surface area contributed by atoms with Crippen LogP contribution in [0.4, 0.5) is 0 Å². The number of ether oxygens (including phenoxy) is 2. The lowest BCUT2D eigenvalue weighted by atomic mass is 10.1. The van der Waals surface area contributed by atoms with Crippen molar-refractivity contribution in [2.75, 3.05) is 39.5 Å². The molecule has 1 heterocycles. The smallest absolute Gasteiger partial charge is 0.0820 e. The molecule has 0 aromatic carbocycles. The second kappa shape index (κ2) is 38.6. The Morgan fingerprint density at radius 2 is 0.917 bits per heavy atom. The van der Waals surface area contributed by atoms with Gasteiger partial charge >= 0.3 is 0 Å². The number of piperidine rings is 1. The van der Waals surface area contributed by atoms with Crippen molar-refractivity contribution in [3.8, 4) is 0 Å². The topological polar surface area (TPSA) is 21.7 Å². The minimum Gasteiger partial charge on any atom is -0.379 e. The summed E-state index contributed by atoms with van der Waals surface area (Å²) in [5.41, 5.74) is 0. The van der Waals surface area contributed by atoms with Crippen molar-refractivity contribution in [2.24, 2.45) is 0 Å². The molecule has 0 radical (unpaired) electrons. The van der Waals surface area contributed by atoms with E-state index in [1.807, 2.05) is 0 Å². The summed E-state index contributed by atoms with van der Waals surface area (Å²) in [4.78, 5) is 2.64. The van der Waals surface area contributed by atoms with Crippen LogP contribution in [0, 0.1) is 0 Å². The van der Waals surface area contributed by atoms with E-state index in [4.69, 9.17) is 9.47 Å². The average Bonchev–Trinajstić information content (AvgIpc) is 3.11. The summed E-state index contributed by atoms with van der Waals surface area (Å²) in [6.45, 7) is 10.8. The molecule has 1 aliphatic heterocycles. The minimum atomic E-state index is 0.259. The normalized spacial score (nSPS) is 15.3. The van der Waals surface area contributed by atoms with Crippen molar-refractivity contribution in [1.82, 2.24) is 4.90 Å². The van der Waals surface area contributed by atoms with E-state index >= 15 is 0 Å². The molecule has 1 rings (SSSR count). The monoisotopic (exact) mass is 670 g/mol. The Hall–Kier alpha value is -1.16. The zero-order valence-corrected chi connectivity index (χ0v) is 32.5. The summed E-state index contributed by atoms with van der Waals surface area (Å²) in [7, 11) is 0. The quantitative estimate of drug-likeness (QED) is 0.0489. The summed E-state index contributed by atoms with van der Waals surface area (Å²) in [6, 6.07) is 0. The standard InChI is InChI=1S/C45H83NO2/c1-3-5-7-9-11-13-15-17-19-21-23-25-27-29-31-36-42-47-44-45(38-41-46-39-34-33-35-40-46)48-43-37-32-30-28-26-24-22-20-18-16-14-12-10-8-6-4-2/h11-14,17-20,45H,3-10,15-16,21-44H2,1-2H3/b13-11-,14-12-,19-17-,20-18-. The van der Waals surface area contributed by atoms with Crippen LogP contribution in [0.3, 0.4) is 0 Å². The Bertz CT molecular complexity index is 735. The summed E-state index contributed by atoms with van der Waals surface area (Å²) in [6.07, 6.45) is 55.3. The lowest BCUT2D eigenvalue weighted by molar-refractivity contribution is -0.0268. The van der Waals surface area contributed by atoms with Crippen LogP contribution in [-0.4, -0.2) is 50.5 Å². The van der Waals surface area contributed by atoms with Crippen LogP contribution in [0.2, 0.25) is 0 Å². The van der Waals surface area contributed by atoms with Crippen LogP contribution in [0.15, 0.2) is 48.6 Å². The molecule has 1 unspecified atom stereocenters. The molecule has 3 nitrogen and oxygen atoms in total. The third-order valence-corrected chi connectivity index (χ3v) is 9.71. The number of rotatable bonds is 36. The molecular weight excluding hydrogens is 587 g/mol. The minimum absolute atomic E-state index is 0.259. The zero-order valence-electron chi connectivity index (χ0n) is 32.5. The highest BCUT2D eigenvalue weighted by molar-refractivity contribution is 4.93. The summed E-state index contributed by atoms with van der Waals surface area (Å²) >= 11 is 0. The number of unbranched alkanes of at least 4 members (excludes halogenated alkanes) is 18. The zero-order chi connectivity index (χ0) is 34.3. The van der Waals surface area contributed by atoms with Gasteiger partial charge < -0.3 is 14.4 Å². The molecule has 1 aliphatic rings. The van der Waals surface area contributed by atoms with E-state index in [0.29, 0.717) is 0 Å². The molecule has 0 amide bonds. The maximum absolute atomic E-state index is 6.41. The Labute approximate surface area is 301 Å². The molecule has 1 fully saturated rings. The Kier molecular flexibility index (Phi) is 36.1. The Balaban J connectivity index is 2.03. The molecule has 0 saturated carbocycles. The highest BCUT2D eigenvalue weighted by Gasteiger charge is 2.15. The van der Waals surface area contributed by atoms with Crippen molar-refractivity contribution in [3.05, 3.63) is 48.6 Å². The largest absolute Gasteiger partial charge is 0.379 e. The maximum atomic E-state index is 6.41. The number of likely N-dealkylation sites (tertiary alicyclic amines) is 1. The first kappa shape index (κ1) is 44.9. The van der Waals surface area contributed by atoms with Crippen molar-refractivity contribution in [3.63, 3.8) is 0 Å². The first-order valence-electron chi connectivity index (χ1n) is 21.4. The summed E-state index contributed by atoms with van der Waals surface area (Å²) < 4.78 is 12.6. The molecule has 0 N–H and O–H groups in total. The van der Waals surface area contributed by atoms with Gasteiger partial charge in [0.2, 0.25) is 0 Å². The summed E-state index contributed by atoms with van der Waals surface area (Å²) in [5, 5.41) is 0. The fourth-order valence-corrected chi connectivity index (χ4v) is 6.47. The third-order valence-electron chi connectivity index (χ3n) is 9.71. The van der Waals surface area contributed by atoms with Gasteiger partial charge in [0.25, 0.3) is 0 Å². The molecule has 1 atom stereocenters. The predicted octanol–water partition coefficient (Wildman–Crippen LogP) is 13.9. The first-order chi connectivity index (χ1) is 23.9. The van der Waals surface area contributed by atoms with Crippen LogP contribution < -0.4 is 0 Å². The third kappa shape index (κ3) is 33.3. The molecular formula is C45H83NO2. The van der Waals surface area contributed by atoms with Gasteiger partial charge in [0.05, 0.1) is 12.7 Å². The molecule has 48 heavy (non-hydrogen) atoms. The molecule has 0 aromatic heterocycles. The lowest BCUT2D eigenvalue weighted by Crippen LogP contribution is -2.34. The Morgan fingerprint density at radius 1 is 0.479 bits per heavy atom. The van der Waals surface area contributed by atoms with Gasteiger partial charge in [0, 0.05) is 19.8 Å². The second-order valence-electron chi connectivity index (χ2n) is 14.4. The van der Waals surface area contributed by atoms with Crippen LogP contribution in [0.25, 0.3) is 0 Å². The molecule has 0 aromatic rings. The van der Waals surface area contributed by atoms with Gasteiger partial charge in [-0.25, -0.2) is 0 Å². The highest BCUT2D eigenvalue weighted by atomic mass is 16.5. The average molecular weight is 670 g/mol. The van der Waals surface area contributed by atoms with Crippen LogP contribution >= 0.6 is 0 Å². The van der Waals surface area contributed by atoms with Crippen molar-refractivity contribution in [2.45, 2.75) is 200 Å². The Morgan fingerprint density at radius 3 is 1.42 bits per heavy atom. The van der Waals surface area contributed by atoms with Crippen LogP contribution in [-0.2, 0) is 9.47 Å². The van der Waals surface area contributed by atoms with Gasteiger partial charge in [-0.2, -0.15) is 0 Å². The van der Waals surface area contributed by atoms with Crippen molar-refractivity contribution >= 4 is 0 Å². The van der Waals surface area contributed by atoms with E-state index < -0.39 is 0 Å². The molecule has 0 aliphatic carbocycles. The summed E-state index contributed by atoms with van der Waals surface area (Å²) in [5.74, 6) is 0. The van der Waals surface area contributed by atoms with Gasteiger partial charge in [-0.3, -0.25) is 0 Å². The lowest BCUT2D eigenvalue weighted by Gasteiger charge is -2.28. The first-order valence-corrected chi connectivity index (χ1v) is 21.4. The van der Waals surface area contributed by atoms with Gasteiger partial charge in [0.15, 0.2) is 0 Å². The van der Waals surface area contributed by atoms with Gasteiger partial charge in [0.1, 0.15) is 0 Å². The van der Waals surface area contributed by atoms with Gasteiger partial charge in [-0.1, -0.05) is 146 Å². The second-order valence-corrected chi connectivity index (χ2v) is 14.4. The number of nitrogens with zero attached hydrogens (tertiary/aromatic N) is 1. The number of hydrogen-bond acceptors (Lipinski definition) is 3. The van der Waals surface area contributed by atoms with Crippen molar-refractivity contribution in [1.29, 1.82) is 0 Å². The van der Waals surface area contributed by atoms with Crippen molar-refractivity contribution < 1.29 is 9.47 Å². The van der Waals surface area contributed by atoms with E-state index in [-0.39, 0.29) is 6.10 Å². The fourth-order valence-electron chi connectivity index (χ4n) is 6.47. The molecule has 0 bridgehead atoms. The number of allylic oxidation sites excluding steroid dienone is 8. The van der Waals surface area contributed by atoms with Gasteiger partial charge in [-0.15, -0.1) is 0 Å². The molecule has 1 saturated heterocycles. The van der Waals surface area contributed by atoms with Crippen LogP contribution in [0.5, 0.6) is 0 Å². The van der Waals surface area contributed by atoms with E-state index in [0.717, 1.165) is 39.1 Å². The fraction of sp³-hybridized carbons (Fsp3) is 0.822. The molecule has 280 valence electrons.